The zero-order valence-electron chi connectivity index (χ0n) is 11.3. The van der Waals surface area contributed by atoms with Crippen LogP contribution in [0.2, 0.25) is 0 Å². The molecule has 0 aromatic heterocycles. The summed E-state index contributed by atoms with van der Waals surface area (Å²) in [5.41, 5.74) is 6.43. The van der Waals surface area contributed by atoms with E-state index < -0.39 is 23.1 Å². The maximum atomic E-state index is 12.1. The van der Waals surface area contributed by atoms with Crippen molar-refractivity contribution in [1.82, 2.24) is 4.72 Å². The number of nitrogens with two attached hydrogens (primary N) is 1. The third kappa shape index (κ3) is 5.62. The van der Waals surface area contributed by atoms with Crippen LogP contribution in [-0.2, 0) is 14.8 Å². The number of nitrogens with one attached hydrogen (secondary N) is 1. The first-order valence-corrected chi connectivity index (χ1v) is 7.89. The fraction of sp³-hybridized carbons (Fsp3) is 0.417. The first kappa shape index (κ1) is 17.9. The Balaban J connectivity index is 2.74. The normalized spacial score (nSPS) is 11.8. The Morgan fingerprint density at radius 2 is 2.14 bits per heavy atom. The van der Waals surface area contributed by atoms with E-state index in [1.54, 1.807) is 19.1 Å². The quantitative estimate of drug-likeness (QED) is 0.550. The van der Waals surface area contributed by atoms with Crippen molar-refractivity contribution in [3.8, 4) is 0 Å². The van der Waals surface area contributed by atoms with Crippen molar-refractivity contribution in [2.24, 2.45) is 5.73 Å². The topological polar surface area (TPSA) is 81.4 Å². The highest BCUT2D eigenvalue weighted by Gasteiger charge is 2.17. The van der Waals surface area contributed by atoms with Crippen molar-refractivity contribution in [1.29, 1.82) is 0 Å². The molecule has 0 unspecified atom stereocenters. The molecule has 0 saturated carbocycles. The first-order chi connectivity index (χ1) is 9.74. The number of halogens is 2. The summed E-state index contributed by atoms with van der Waals surface area (Å²) in [6.45, 7) is 0.659. The maximum Gasteiger partial charge on any atom is 0.261 e. The lowest BCUT2D eigenvalue weighted by Gasteiger charge is -2.11. The molecule has 0 heterocycles. The number of aryl methyl sites for hydroxylation is 1. The molecule has 0 aliphatic heterocycles. The van der Waals surface area contributed by atoms with Gasteiger partial charge in [-0.05, 0) is 18.6 Å². The maximum absolute atomic E-state index is 12.1. The molecule has 0 radical (unpaired) electrons. The van der Waals surface area contributed by atoms with Gasteiger partial charge in [-0.1, -0.05) is 24.4 Å². The number of thiocarbonyl (C=S) groups is 1. The number of ether oxygens (including phenoxy) is 1. The van der Waals surface area contributed by atoms with Crippen LogP contribution in [0, 0.1) is 6.92 Å². The van der Waals surface area contributed by atoms with Crippen molar-refractivity contribution in [2.75, 3.05) is 19.8 Å². The molecule has 3 N–H and O–H groups in total. The number of rotatable bonds is 8. The van der Waals surface area contributed by atoms with E-state index in [-0.39, 0.29) is 23.0 Å². The average Bonchev–Trinajstić information content (AvgIpc) is 2.37. The van der Waals surface area contributed by atoms with Crippen LogP contribution in [0.5, 0.6) is 0 Å². The Kier molecular flexibility index (Phi) is 6.59. The van der Waals surface area contributed by atoms with Gasteiger partial charge in [-0.2, -0.15) is 0 Å². The van der Waals surface area contributed by atoms with Gasteiger partial charge in [0.05, 0.1) is 11.5 Å². The van der Waals surface area contributed by atoms with Crippen LogP contribution in [0.1, 0.15) is 11.1 Å². The number of alkyl halides is 2. The van der Waals surface area contributed by atoms with Crippen LogP contribution in [-0.4, -0.2) is 39.6 Å². The zero-order valence-corrected chi connectivity index (χ0v) is 12.9. The molecule has 1 rings (SSSR count). The molecule has 118 valence electrons. The van der Waals surface area contributed by atoms with Gasteiger partial charge in [0.15, 0.2) is 0 Å². The summed E-state index contributed by atoms with van der Waals surface area (Å²) in [5.74, 6) is 0. The minimum atomic E-state index is -3.78. The molecule has 0 aliphatic rings. The summed E-state index contributed by atoms with van der Waals surface area (Å²) in [4.78, 5) is 0.133. The van der Waals surface area contributed by atoms with E-state index in [2.05, 4.69) is 9.46 Å². The zero-order chi connectivity index (χ0) is 16.0. The fourth-order valence-electron chi connectivity index (χ4n) is 1.54. The lowest BCUT2D eigenvalue weighted by molar-refractivity contribution is 0.0199. The first-order valence-electron chi connectivity index (χ1n) is 6.00. The molecular weight excluding hydrogens is 322 g/mol. The molecule has 1 aromatic carbocycles. The molecule has 0 fully saturated rings. The molecule has 5 nitrogen and oxygen atoms in total. The van der Waals surface area contributed by atoms with E-state index in [0.29, 0.717) is 11.1 Å². The number of hydrogen-bond donors (Lipinski definition) is 2. The summed E-state index contributed by atoms with van der Waals surface area (Å²) in [7, 11) is -3.78. The minimum Gasteiger partial charge on any atom is -0.389 e. The molecule has 1 aromatic rings. The van der Waals surface area contributed by atoms with Crippen LogP contribution >= 0.6 is 12.2 Å². The SMILES string of the molecule is Cc1ccc(C(N)=S)cc1S(=O)(=O)NCCOCC(F)F. The van der Waals surface area contributed by atoms with Gasteiger partial charge in [-0.15, -0.1) is 0 Å². The van der Waals surface area contributed by atoms with Crippen molar-refractivity contribution in [3.63, 3.8) is 0 Å². The van der Waals surface area contributed by atoms with Gasteiger partial charge in [-0.25, -0.2) is 21.9 Å². The fourth-order valence-corrected chi connectivity index (χ4v) is 2.95. The standard InChI is InChI=1S/C12H16F2N2O3S2/c1-8-2-3-9(12(15)20)6-10(8)21(17,18)16-4-5-19-7-11(13)14/h2-3,6,11,16H,4-5,7H2,1H3,(H2,15,20). The third-order valence-electron chi connectivity index (χ3n) is 2.54. The molecule has 9 heteroatoms. The van der Waals surface area contributed by atoms with Crippen LogP contribution in [0.15, 0.2) is 23.1 Å². The smallest absolute Gasteiger partial charge is 0.261 e. The van der Waals surface area contributed by atoms with E-state index >= 15 is 0 Å². The second-order valence-corrected chi connectivity index (χ2v) is 6.38. The Hall–Kier alpha value is -1.16. The highest BCUT2D eigenvalue weighted by Crippen LogP contribution is 2.17. The van der Waals surface area contributed by atoms with Gasteiger partial charge >= 0.3 is 0 Å². The molecule has 0 aliphatic carbocycles. The lowest BCUT2D eigenvalue weighted by Crippen LogP contribution is -2.29. The van der Waals surface area contributed by atoms with Gasteiger partial charge in [0.2, 0.25) is 10.0 Å². The van der Waals surface area contributed by atoms with E-state index in [9.17, 15) is 17.2 Å². The van der Waals surface area contributed by atoms with Gasteiger partial charge in [0.25, 0.3) is 6.43 Å². The Bertz CT molecular complexity index is 607. The third-order valence-corrected chi connectivity index (χ3v) is 4.38. The highest BCUT2D eigenvalue weighted by atomic mass is 32.2. The Morgan fingerprint density at radius 1 is 1.48 bits per heavy atom. The van der Waals surface area contributed by atoms with E-state index in [1.165, 1.54) is 6.07 Å². The number of sulfonamides is 1. The van der Waals surface area contributed by atoms with E-state index in [1.807, 2.05) is 0 Å². The lowest BCUT2D eigenvalue weighted by atomic mass is 10.1. The van der Waals surface area contributed by atoms with Gasteiger partial charge in [0, 0.05) is 12.1 Å². The van der Waals surface area contributed by atoms with Gasteiger partial charge < -0.3 is 10.5 Å². The molecule has 0 bridgehead atoms. The summed E-state index contributed by atoms with van der Waals surface area (Å²) in [6, 6.07) is 4.60. The summed E-state index contributed by atoms with van der Waals surface area (Å²) in [6.07, 6.45) is -2.58. The number of benzene rings is 1. The summed E-state index contributed by atoms with van der Waals surface area (Å²) in [5, 5.41) is 0. The Morgan fingerprint density at radius 3 is 2.71 bits per heavy atom. The molecule has 21 heavy (non-hydrogen) atoms. The largest absolute Gasteiger partial charge is 0.389 e. The summed E-state index contributed by atoms with van der Waals surface area (Å²) < 4.78 is 54.8. The molecule has 0 spiro atoms. The van der Waals surface area contributed by atoms with Crippen molar-refractivity contribution >= 4 is 27.2 Å². The van der Waals surface area contributed by atoms with Gasteiger partial charge in [-0.3, -0.25) is 0 Å². The highest BCUT2D eigenvalue weighted by molar-refractivity contribution is 7.89. The van der Waals surface area contributed by atoms with Crippen molar-refractivity contribution < 1.29 is 21.9 Å². The second-order valence-electron chi connectivity index (χ2n) is 4.21. The summed E-state index contributed by atoms with van der Waals surface area (Å²) >= 11 is 4.81. The van der Waals surface area contributed by atoms with Crippen LogP contribution in [0.3, 0.4) is 0 Å². The van der Waals surface area contributed by atoms with E-state index in [0.717, 1.165) is 0 Å². The monoisotopic (exact) mass is 338 g/mol. The second kappa shape index (κ2) is 7.74. The van der Waals surface area contributed by atoms with Crippen LogP contribution < -0.4 is 10.5 Å². The van der Waals surface area contributed by atoms with Crippen LogP contribution in [0.25, 0.3) is 0 Å². The minimum absolute atomic E-state index is 0.0432. The molecule has 0 saturated heterocycles. The predicted molar refractivity (Wildman–Crippen MR) is 79.1 cm³/mol. The number of hydrogen-bond acceptors (Lipinski definition) is 4. The van der Waals surface area contributed by atoms with Crippen molar-refractivity contribution in [3.05, 3.63) is 29.3 Å². The van der Waals surface area contributed by atoms with Crippen molar-refractivity contribution in [2.45, 2.75) is 18.2 Å². The predicted octanol–water partition coefficient (Wildman–Crippen LogP) is 1.19. The molecule has 0 amide bonds. The van der Waals surface area contributed by atoms with E-state index in [4.69, 9.17) is 18.0 Å². The molecule has 0 atom stereocenters. The van der Waals surface area contributed by atoms with Crippen LogP contribution in [0.4, 0.5) is 8.78 Å². The molecular formula is C12H16F2N2O3S2. The Labute approximate surface area is 127 Å². The average molecular weight is 338 g/mol. The van der Waals surface area contributed by atoms with Gasteiger partial charge in [0.1, 0.15) is 11.6 Å².